The highest BCUT2D eigenvalue weighted by Gasteiger charge is 2.70. The van der Waals surface area contributed by atoms with Gasteiger partial charge in [-0.25, -0.2) is 0 Å². The Bertz CT molecular complexity index is 945. The Labute approximate surface area is 166 Å². The van der Waals surface area contributed by atoms with Crippen LogP contribution in [0.2, 0.25) is 0 Å². The van der Waals surface area contributed by atoms with Crippen molar-refractivity contribution in [3.63, 3.8) is 0 Å². The summed E-state index contributed by atoms with van der Waals surface area (Å²) in [6, 6.07) is 7.39. The second-order valence-corrected chi connectivity index (χ2v) is 8.81. The van der Waals surface area contributed by atoms with Gasteiger partial charge in [-0.1, -0.05) is 23.5 Å². The van der Waals surface area contributed by atoms with E-state index in [4.69, 9.17) is 9.47 Å². The van der Waals surface area contributed by atoms with Gasteiger partial charge in [-0.2, -0.15) is 0 Å². The molecule has 0 bridgehead atoms. The number of rotatable bonds is 5. The van der Waals surface area contributed by atoms with E-state index in [1.54, 1.807) is 7.11 Å². The number of Topliss-reactive ketones (excluding diaryl/α,β-unsaturated/α-hetero) is 1. The first-order chi connectivity index (χ1) is 13.6. The zero-order valence-electron chi connectivity index (χ0n) is 15.5. The first-order valence-electron chi connectivity index (χ1n) is 9.55. The number of benzene rings is 1. The van der Waals surface area contributed by atoms with E-state index in [9.17, 15) is 9.59 Å². The number of fused-ring (bicyclic) bond motifs is 3. The van der Waals surface area contributed by atoms with Gasteiger partial charge < -0.3 is 14.8 Å². The molecule has 1 aliphatic heterocycles. The molecule has 0 radical (unpaired) electrons. The summed E-state index contributed by atoms with van der Waals surface area (Å²) in [5.41, 5.74) is 0.110. The van der Waals surface area contributed by atoms with Crippen LogP contribution >= 0.6 is 11.3 Å². The molecule has 5 rings (SSSR count). The van der Waals surface area contributed by atoms with Crippen molar-refractivity contribution in [2.75, 3.05) is 19.0 Å². The molecule has 1 spiro atoms. The lowest BCUT2D eigenvalue weighted by Crippen LogP contribution is -2.44. The molecule has 0 unspecified atom stereocenters. The number of nitrogens with one attached hydrogen (secondary N) is 1. The number of amides is 1. The van der Waals surface area contributed by atoms with Crippen molar-refractivity contribution in [3.05, 3.63) is 34.8 Å². The molecule has 1 aromatic carbocycles. The Kier molecular flexibility index (Phi) is 4.21. The van der Waals surface area contributed by atoms with E-state index in [-0.39, 0.29) is 29.4 Å². The summed E-state index contributed by atoms with van der Waals surface area (Å²) < 4.78 is 11.4. The smallest absolute Gasteiger partial charge is 0.230 e. The predicted octanol–water partition coefficient (Wildman–Crippen LogP) is 2.73. The fourth-order valence-electron chi connectivity index (χ4n) is 4.90. The molecule has 0 saturated heterocycles. The van der Waals surface area contributed by atoms with Crippen LogP contribution in [0.15, 0.2) is 24.3 Å². The normalized spacial score (nSPS) is 29.9. The molecule has 1 aromatic heterocycles. The standard InChI is InChI=1S/C20H21N3O4S/c1-26-9-7-15-22-23-19(28-15)21-18(25)16-12-6-8-20(17(12)16)10-13(24)11-4-2-3-5-14(11)27-20/h2-5,12,16-17H,6-10H2,1H3,(H,21,23,25)/t12-,16-,17-,20+/m0/s1. The SMILES string of the molecule is COCCc1nnc(NC(=O)[C@H]2[C@@H]3CC[C@@]4(CC(=O)c5ccccc5O4)[C@@H]32)s1. The Hall–Kier alpha value is -2.32. The van der Waals surface area contributed by atoms with Crippen molar-refractivity contribution in [2.45, 2.75) is 31.3 Å². The third-order valence-electron chi connectivity index (χ3n) is 6.16. The van der Waals surface area contributed by atoms with Gasteiger partial charge in [-0.05, 0) is 30.9 Å². The molecule has 2 fully saturated rings. The van der Waals surface area contributed by atoms with Crippen molar-refractivity contribution >= 4 is 28.2 Å². The number of para-hydroxylation sites is 1. The van der Waals surface area contributed by atoms with E-state index < -0.39 is 5.60 Å². The molecular weight excluding hydrogens is 378 g/mol. The maximum Gasteiger partial charge on any atom is 0.230 e. The molecule has 2 aliphatic carbocycles. The number of hydrogen-bond donors (Lipinski definition) is 1. The topological polar surface area (TPSA) is 90.4 Å². The zero-order valence-corrected chi connectivity index (χ0v) is 16.3. The van der Waals surface area contributed by atoms with Crippen molar-refractivity contribution in [3.8, 4) is 5.75 Å². The molecule has 3 aliphatic rings. The number of methoxy groups -OCH3 is 1. The second-order valence-electron chi connectivity index (χ2n) is 7.75. The average Bonchev–Trinajstić information content (AvgIpc) is 3.12. The van der Waals surface area contributed by atoms with Crippen LogP contribution in [0.25, 0.3) is 0 Å². The molecule has 4 atom stereocenters. The monoisotopic (exact) mass is 399 g/mol. The Morgan fingerprint density at radius 3 is 3.11 bits per heavy atom. The summed E-state index contributed by atoms with van der Waals surface area (Å²) in [5, 5.41) is 12.4. The number of nitrogens with zero attached hydrogens (tertiary/aromatic N) is 2. The highest BCUT2D eigenvalue weighted by atomic mass is 32.1. The van der Waals surface area contributed by atoms with Crippen LogP contribution in [-0.2, 0) is 16.0 Å². The maximum absolute atomic E-state index is 12.8. The lowest BCUT2D eigenvalue weighted by molar-refractivity contribution is -0.119. The minimum atomic E-state index is -0.539. The fraction of sp³-hybridized carbons (Fsp3) is 0.500. The number of ketones is 1. The Morgan fingerprint density at radius 1 is 1.39 bits per heavy atom. The molecule has 28 heavy (non-hydrogen) atoms. The second kappa shape index (κ2) is 6.63. The predicted molar refractivity (Wildman–Crippen MR) is 103 cm³/mol. The van der Waals surface area contributed by atoms with E-state index in [0.29, 0.717) is 35.9 Å². The fourth-order valence-corrected chi connectivity index (χ4v) is 5.63. The average molecular weight is 399 g/mol. The van der Waals surface area contributed by atoms with Gasteiger partial charge in [0.1, 0.15) is 16.4 Å². The molecular formula is C20H21N3O4S. The minimum absolute atomic E-state index is 0.0431. The largest absolute Gasteiger partial charge is 0.486 e. The number of anilines is 1. The quantitative estimate of drug-likeness (QED) is 0.831. The van der Waals surface area contributed by atoms with E-state index in [1.807, 2.05) is 24.3 Å². The van der Waals surface area contributed by atoms with Gasteiger partial charge in [0, 0.05) is 25.4 Å². The number of carbonyl (C=O) groups is 2. The van der Waals surface area contributed by atoms with Gasteiger partial charge in [-0.3, -0.25) is 9.59 Å². The summed E-state index contributed by atoms with van der Waals surface area (Å²) >= 11 is 1.37. The summed E-state index contributed by atoms with van der Waals surface area (Å²) in [5.74, 6) is 0.957. The number of hydrogen-bond acceptors (Lipinski definition) is 7. The molecule has 8 heteroatoms. The molecule has 2 saturated carbocycles. The van der Waals surface area contributed by atoms with E-state index in [2.05, 4.69) is 15.5 Å². The molecule has 7 nitrogen and oxygen atoms in total. The number of ether oxygens (including phenoxy) is 2. The van der Waals surface area contributed by atoms with Crippen LogP contribution in [-0.4, -0.2) is 41.2 Å². The van der Waals surface area contributed by atoms with Gasteiger partial charge in [0.15, 0.2) is 5.78 Å². The highest BCUT2D eigenvalue weighted by molar-refractivity contribution is 7.15. The molecule has 146 valence electrons. The van der Waals surface area contributed by atoms with Crippen molar-refractivity contribution in [1.29, 1.82) is 0 Å². The van der Waals surface area contributed by atoms with E-state index in [0.717, 1.165) is 17.8 Å². The van der Waals surface area contributed by atoms with Gasteiger partial charge in [-0.15, -0.1) is 10.2 Å². The maximum atomic E-state index is 12.8. The molecule has 2 heterocycles. The summed E-state index contributed by atoms with van der Waals surface area (Å²) in [6.45, 7) is 0.574. The first kappa shape index (κ1) is 17.8. The third-order valence-corrected chi connectivity index (χ3v) is 7.06. The minimum Gasteiger partial charge on any atom is -0.486 e. The van der Waals surface area contributed by atoms with Crippen LogP contribution < -0.4 is 10.1 Å². The number of carbonyl (C=O) groups excluding carboxylic acids is 2. The molecule has 1 N–H and O–H groups in total. The van der Waals surface area contributed by atoms with Gasteiger partial charge >= 0.3 is 0 Å². The van der Waals surface area contributed by atoms with Crippen LogP contribution in [0.4, 0.5) is 5.13 Å². The third kappa shape index (κ3) is 2.82. The van der Waals surface area contributed by atoms with E-state index >= 15 is 0 Å². The van der Waals surface area contributed by atoms with Crippen LogP contribution in [0.1, 0.15) is 34.6 Å². The molecule has 2 aromatic rings. The van der Waals surface area contributed by atoms with E-state index in [1.165, 1.54) is 11.3 Å². The lowest BCUT2D eigenvalue weighted by Gasteiger charge is -2.37. The van der Waals surface area contributed by atoms with Crippen LogP contribution in [0.3, 0.4) is 0 Å². The summed E-state index contributed by atoms with van der Waals surface area (Å²) in [7, 11) is 1.64. The summed E-state index contributed by atoms with van der Waals surface area (Å²) in [4.78, 5) is 25.5. The van der Waals surface area contributed by atoms with Crippen LogP contribution in [0.5, 0.6) is 5.75 Å². The van der Waals surface area contributed by atoms with Gasteiger partial charge in [0.05, 0.1) is 18.6 Å². The van der Waals surface area contributed by atoms with Crippen LogP contribution in [0, 0.1) is 17.8 Å². The molecule has 1 amide bonds. The van der Waals surface area contributed by atoms with Gasteiger partial charge in [0.2, 0.25) is 11.0 Å². The zero-order chi connectivity index (χ0) is 19.3. The highest BCUT2D eigenvalue weighted by Crippen LogP contribution is 2.65. The lowest BCUT2D eigenvalue weighted by atomic mass is 9.84. The van der Waals surface area contributed by atoms with Crippen molar-refractivity contribution in [1.82, 2.24) is 10.2 Å². The Balaban J connectivity index is 1.29. The summed E-state index contributed by atoms with van der Waals surface area (Å²) in [6.07, 6.45) is 2.77. The first-order valence-corrected chi connectivity index (χ1v) is 10.4. The number of aromatic nitrogens is 2. The van der Waals surface area contributed by atoms with Crippen molar-refractivity contribution < 1.29 is 19.1 Å². The van der Waals surface area contributed by atoms with Gasteiger partial charge in [0.25, 0.3) is 0 Å². The Morgan fingerprint density at radius 2 is 2.25 bits per heavy atom. The van der Waals surface area contributed by atoms with Crippen molar-refractivity contribution in [2.24, 2.45) is 17.8 Å².